The lowest BCUT2D eigenvalue weighted by atomic mass is 10.1. The molecule has 5 nitrogen and oxygen atoms in total. The van der Waals surface area contributed by atoms with E-state index in [1.54, 1.807) is 30.3 Å². The maximum atomic E-state index is 12.2. The number of anilines is 1. The smallest absolute Gasteiger partial charge is 0.262 e. The molecule has 25 heavy (non-hydrogen) atoms. The molecular formula is C20H24N2O3. The number of carbonyl (C=O) groups is 2. The average molecular weight is 340 g/mol. The zero-order chi connectivity index (χ0) is 18.1. The molecule has 0 bridgehead atoms. The van der Waals surface area contributed by atoms with Crippen molar-refractivity contribution in [3.05, 3.63) is 59.7 Å². The van der Waals surface area contributed by atoms with E-state index in [2.05, 4.69) is 17.6 Å². The van der Waals surface area contributed by atoms with Crippen LogP contribution in [0.15, 0.2) is 48.5 Å². The molecule has 0 unspecified atom stereocenters. The van der Waals surface area contributed by atoms with Gasteiger partial charge in [-0.2, -0.15) is 0 Å². The molecule has 0 aliphatic rings. The first-order valence-corrected chi connectivity index (χ1v) is 8.46. The summed E-state index contributed by atoms with van der Waals surface area (Å²) in [5.41, 5.74) is 1.99. The Bertz CT molecular complexity index is 728. The topological polar surface area (TPSA) is 67.4 Å². The number of para-hydroxylation sites is 1. The second-order valence-corrected chi connectivity index (χ2v) is 5.81. The van der Waals surface area contributed by atoms with Gasteiger partial charge in [0.05, 0.1) is 11.3 Å². The third-order valence-corrected chi connectivity index (χ3v) is 3.62. The Labute approximate surface area is 148 Å². The van der Waals surface area contributed by atoms with E-state index in [0.717, 1.165) is 18.4 Å². The van der Waals surface area contributed by atoms with Crippen LogP contribution in [0.3, 0.4) is 0 Å². The van der Waals surface area contributed by atoms with Crippen LogP contribution >= 0.6 is 0 Å². The molecule has 0 aliphatic heterocycles. The molecule has 0 aromatic heterocycles. The van der Waals surface area contributed by atoms with Crippen molar-refractivity contribution in [2.75, 3.05) is 18.5 Å². The van der Waals surface area contributed by atoms with Gasteiger partial charge in [0.25, 0.3) is 11.8 Å². The minimum atomic E-state index is -0.310. The Morgan fingerprint density at radius 3 is 2.64 bits per heavy atom. The van der Waals surface area contributed by atoms with Crippen molar-refractivity contribution in [2.45, 2.75) is 26.7 Å². The minimum absolute atomic E-state index is 0.116. The number of unbranched alkanes of at least 4 members (excludes halogenated alkanes) is 1. The van der Waals surface area contributed by atoms with Crippen LogP contribution in [0.1, 0.15) is 35.7 Å². The fourth-order valence-corrected chi connectivity index (χ4v) is 2.30. The lowest BCUT2D eigenvalue weighted by molar-refractivity contribution is -0.118. The molecule has 0 spiro atoms. The van der Waals surface area contributed by atoms with Crippen LogP contribution in [-0.2, 0) is 4.79 Å². The van der Waals surface area contributed by atoms with Gasteiger partial charge >= 0.3 is 0 Å². The van der Waals surface area contributed by atoms with Crippen molar-refractivity contribution >= 4 is 17.5 Å². The number of aryl methyl sites for hydroxylation is 1. The largest absolute Gasteiger partial charge is 0.484 e. The summed E-state index contributed by atoms with van der Waals surface area (Å²) in [5.74, 6) is 0.139. The van der Waals surface area contributed by atoms with Crippen LogP contribution in [0.2, 0.25) is 0 Å². The number of hydrogen-bond acceptors (Lipinski definition) is 3. The molecule has 2 aromatic rings. The van der Waals surface area contributed by atoms with Gasteiger partial charge in [0.15, 0.2) is 6.61 Å². The average Bonchev–Trinajstić information content (AvgIpc) is 2.61. The lowest BCUT2D eigenvalue weighted by Gasteiger charge is -2.12. The molecule has 132 valence electrons. The molecular weight excluding hydrogens is 316 g/mol. The maximum Gasteiger partial charge on any atom is 0.262 e. The highest BCUT2D eigenvalue weighted by molar-refractivity contribution is 6.04. The molecule has 0 saturated carbocycles. The normalized spacial score (nSPS) is 10.2. The predicted octanol–water partition coefficient (Wildman–Crippen LogP) is 3.54. The van der Waals surface area contributed by atoms with E-state index >= 15 is 0 Å². The monoisotopic (exact) mass is 340 g/mol. The molecule has 2 amide bonds. The van der Waals surface area contributed by atoms with E-state index < -0.39 is 0 Å². The Balaban J connectivity index is 1.95. The van der Waals surface area contributed by atoms with Gasteiger partial charge in [-0.25, -0.2) is 0 Å². The Kier molecular flexibility index (Phi) is 7.01. The van der Waals surface area contributed by atoms with Gasteiger partial charge in [-0.1, -0.05) is 37.6 Å². The SMILES string of the molecule is CCCCNC(=O)c1ccccc1NC(=O)COc1cccc(C)c1. The minimum Gasteiger partial charge on any atom is -0.484 e. The quantitative estimate of drug-likeness (QED) is 0.722. The van der Waals surface area contributed by atoms with Gasteiger partial charge < -0.3 is 15.4 Å². The molecule has 0 saturated heterocycles. The van der Waals surface area contributed by atoms with Gasteiger partial charge in [-0.3, -0.25) is 9.59 Å². The summed E-state index contributed by atoms with van der Waals surface area (Å²) in [6.45, 7) is 4.53. The number of amides is 2. The number of ether oxygens (including phenoxy) is 1. The summed E-state index contributed by atoms with van der Waals surface area (Å²) in [6, 6.07) is 14.4. The van der Waals surface area contributed by atoms with E-state index in [0.29, 0.717) is 23.5 Å². The standard InChI is InChI=1S/C20H24N2O3/c1-3-4-12-21-20(24)17-10-5-6-11-18(17)22-19(23)14-25-16-9-7-8-15(2)13-16/h5-11,13H,3-4,12,14H2,1-2H3,(H,21,24)(H,22,23). The van der Waals surface area contributed by atoms with Crippen molar-refractivity contribution in [1.29, 1.82) is 0 Å². The number of carbonyl (C=O) groups excluding carboxylic acids is 2. The van der Waals surface area contributed by atoms with Crippen molar-refractivity contribution in [1.82, 2.24) is 5.32 Å². The maximum absolute atomic E-state index is 12.2. The summed E-state index contributed by atoms with van der Waals surface area (Å²) in [4.78, 5) is 24.4. The predicted molar refractivity (Wildman–Crippen MR) is 99.0 cm³/mol. The van der Waals surface area contributed by atoms with Gasteiger partial charge in [-0.15, -0.1) is 0 Å². The highest BCUT2D eigenvalue weighted by Gasteiger charge is 2.13. The van der Waals surface area contributed by atoms with Crippen LogP contribution in [-0.4, -0.2) is 25.0 Å². The third kappa shape index (κ3) is 5.95. The first-order chi connectivity index (χ1) is 12.1. The van der Waals surface area contributed by atoms with Crippen LogP contribution in [0.4, 0.5) is 5.69 Å². The molecule has 5 heteroatoms. The zero-order valence-corrected chi connectivity index (χ0v) is 14.7. The molecule has 2 rings (SSSR count). The molecule has 0 aliphatic carbocycles. The molecule has 0 radical (unpaired) electrons. The number of rotatable bonds is 8. The first kappa shape index (κ1) is 18.5. The summed E-state index contributed by atoms with van der Waals surface area (Å²) >= 11 is 0. The molecule has 2 N–H and O–H groups in total. The highest BCUT2D eigenvalue weighted by atomic mass is 16.5. The fourth-order valence-electron chi connectivity index (χ4n) is 2.30. The van der Waals surface area contributed by atoms with Gasteiger partial charge in [0, 0.05) is 6.54 Å². The van der Waals surface area contributed by atoms with Crippen LogP contribution in [0, 0.1) is 6.92 Å². The number of nitrogens with one attached hydrogen (secondary N) is 2. The second kappa shape index (κ2) is 9.47. The molecule has 0 atom stereocenters. The van der Waals surface area contributed by atoms with E-state index in [1.165, 1.54) is 0 Å². The van der Waals surface area contributed by atoms with Gasteiger partial charge in [0.1, 0.15) is 5.75 Å². The Hall–Kier alpha value is -2.82. The number of hydrogen-bond donors (Lipinski definition) is 2. The Morgan fingerprint density at radius 2 is 1.88 bits per heavy atom. The van der Waals surface area contributed by atoms with E-state index in [1.807, 2.05) is 25.1 Å². The van der Waals surface area contributed by atoms with Crippen molar-refractivity contribution in [2.24, 2.45) is 0 Å². The first-order valence-electron chi connectivity index (χ1n) is 8.46. The van der Waals surface area contributed by atoms with Gasteiger partial charge in [-0.05, 0) is 43.2 Å². The number of benzene rings is 2. The van der Waals surface area contributed by atoms with E-state index in [4.69, 9.17) is 4.74 Å². The summed E-state index contributed by atoms with van der Waals surface area (Å²) in [7, 11) is 0. The van der Waals surface area contributed by atoms with Crippen LogP contribution < -0.4 is 15.4 Å². The highest BCUT2D eigenvalue weighted by Crippen LogP contribution is 2.16. The van der Waals surface area contributed by atoms with Crippen LogP contribution in [0.5, 0.6) is 5.75 Å². The molecule has 0 fully saturated rings. The van der Waals surface area contributed by atoms with Gasteiger partial charge in [0.2, 0.25) is 0 Å². The molecule has 0 heterocycles. The lowest BCUT2D eigenvalue weighted by Crippen LogP contribution is -2.27. The van der Waals surface area contributed by atoms with E-state index in [-0.39, 0.29) is 18.4 Å². The zero-order valence-electron chi connectivity index (χ0n) is 14.7. The summed E-state index contributed by atoms with van der Waals surface area (Å²) in [6.07, 6.45) is 1.93. The molecule has 2 aromatic carbocycles. The van der Waals surface area contributed by atoms with Crippen LogP contribution in [0.25, 0.3) is 0 Å². The fraction of sp³-hybridized carbons (Fsp3) is 0.300. The second-order valence-electron chi connectivity index (χ2n) is 5.81. The van der Waals surface area contributed by atoms with Crippen molar-refractivity contribution < 1.29 is 14.3 Å². The Morgan fingerprint density at radius 1 is 1.08 bits per heavy atom. The summed E-state index contributed by atoms with van der Waals surface area (Å²) < 4.78 is 5.49. The third-order valence-electron chi connectivity index (χ3n) is 3.62. The summed E-state index contributed by atoms with van der Waals surface area (Å²) in [5, 5.41) is 5.60. The van der Waals surface area contributed by atoms with Crippen molar-refractivity contribution in [3.8, 4) is 5.75 Å². The van der Waals surface area contributed by atoms with Crippen molar-refractivity contribution in [3.63, 3.8) is 0 Å². The van der Waals surface area contributed by atoms with E-state index in [9.17, 15) is 9.59 Å².